The first-order chi connectivity index (χ1) is 8.84. The number of esters is 2. The van der Waals surface area contributed by atoms with E-state index < -0.39 is 17.4 Å². The van der Waals surface area contributed by atoms with Crippen LogP contribution in [0.5, 0.6) is 0 Å². The van der Waals surface area contributed by atoms with Crippen LogP contribution in [0.4, 0.5) is 0 Å². The van der Waals surface area contributed by atoms with Crippen LogP contribution in [0, 0.1) is 5.41 Å². The van der Waals surface area contributed by atoms with Crippen molar-refractivity contribution >= 4 is 24.3 Å². The zero-order valence-corrected chi connectivity index (χ0v) is 12.8. The molecule has 0 unspecified atom stereocenters. The Hall–Kier alpha value is -1.59. The van der Waals surface area contributed by atoms with Crippen molar-refractivity contribution in [2.45, 2.75) is 19.9 Å². The van der Waals surface area contributed by atoms with Crippen LogP contribution in [0.25, 0.3) is 0 Å². The fraction of sp³-hybridized carbons (Fsp3) is 0.429. The molecule has 0 aliphatic heterocycles. The summed E-state index contributed by atoms with van der Waals surface area (Å²) in [6.45, 7) is 3.44. The van der Waals surface area contributed by atoms with Gasteiger partial charge < -0.3 is 15.2 Å². The van der Waals surface area contributed by atoms with Crippen LogP contribution in [-0.4, -0.2) is 26.2 Å². The fourth-order valence-electron chi connectivity index (χ4n) is 1.75. The van der Waals surface area contributed by atoms with Crippen LogP contribution in [0.3, 0.4) is 0 Å². The van der Waals surface area contributed by atoms with Gasteiger partial charge in [-0.15, -0.1) is 12.4 Å². The van der Waals surface area contributed by atoms with E-state index in [9.17, 15) is 9.59 Å². The summed E-state index contributed by atoms with van der Waals surface area (Å²) in [5.74, 6) is -0.788. The molecule has 1 atom stereocenters. The SMILES string of the molecule is COC(=O)c1ccc([C@H](N)C(C)(C)C(=O)OC)cc1.Cl. The molecule has 0 spiro atoms. The average molecular weight is 302 g/mol. The van der Waals surface area contributed by atoms with E-state index >= 15 is 0 Å². The number of rotatable bonds is 4. The summed E-state index contributed by atoms with van der Waals surface area (Å²) in [5.41, 5.74) is 6.44. The van der Waals surface area contributed by atoms with Crippen molar-refractivity contribution in [3.05, 3.63) is 35.4 Å². The number of carbonyl (C=O) groups is 2. The molecule has 0 aliphatic rings. The highest BCUT2D eigenvalue weighted by Gasteiger charge is 2.36. The highest BCUT2D eigenvalue weighted by molar-refractivity contribution is 5.89. The fourth-order valence-corrected chi connectivity index (χ4v) is 1.75. The van der Waals surface area contributed by atoms with Gasteiger partial charge in [-0.25, -0.2) is 4.79 Å². The third kappa shape index (κ3) is 3.71. The molecule has 0 saturated carbocycles. The molecule has 6 heteroatoms. The zero-order valence-electron chi connectivity index (χ0n) is 12.0. The van der Waals surface area contributed by atoms with Crippen LogP contribution in [0.1, 0.15) is 35.8 Å². The minimum absolute atomic E-state index is 0. The molecule has 5 nitrogen and oxygen atoms in total. The van der Waals surface area contributed by atoms with Crippen molar-refractivity contribution in [1.82, 2.24) is 0 Å². The summed E-state index contributed by atoms with van der Waals surface area (Å²) in [7, 11) is 2.65. The van der Waals surface area contributed by atoms with Crippen LogP contribution in [0.2, 0.25) is 0 Å². The molecular formula is C14H20ClNO4. The van der Waals surface area contributed by atoms with Gasteiger partial charge >= 0.3 is 11.9 Å². The molecule has 1 aromatic carbocycles. The van der Waals surface area contributed by atoms with Crippen molar-refractivity contribution in [2.24, 2.45) is 11.1 Å². The number of halogens is 1. The Morgan fingerprint density at radius 1 is 1.10 bits per heavy atom. The summed E-state index contributed by atoms with van der Waals surface area (Å²) in [6.07, 6.45) is 0. The van der Waals surface area contributed by atoms with Crippen molar-refractivity contribution in [3.63, 3.8) is 0 Å². The molecule has 1 aromatic rings. The number of methoxy groups -OCH3 is 2. The minimum Gasteiger partial charge on any atom is -0.469 e. The Morgan fingerprint density at radius 2 is 1.60 bits per heavy atom. The van der Waals surface area contributed by atoms with Gasteiger partial charge in [0, 0.05) is 6.04 Å². The highest BCUT2D eigenvalue weighted by atomic mass is 35.5. The molecule has 0 aliphatic carbocycles. The van der Waals surface area contributed by atoms with E-state index in [0.29, 0.717) is 5.56 Å². The number of ether oxygens (including phenoxy) is 2. The third-order valence-electron chi connectivity index (χ3n) is 3.18. The van der Waals surface area contributed by atoms with Gasteiger partial charge in [-0.3, -0.25) is 4.79 Å². The Kier molecular flexibility index (Phi) is 6.68. The third-order valence-corrected chi connectivity index (χ3v) is 3.18. The molecule has 0 saturated heterocycles. The first-order valence-electron chi connectivity index (χ1n) is 5.87. The van der Waals surface area contributed by atoms with Crippen LogP contribution in [-0.2, 0) is 14.3 Å². The van der Waals surface area contributed by atoms with Crippen molar-refractivity contribution in [1.29, 1.82) is 0 Å². The van der Waals surface area contributed by atoms with E-state index in [0.717, 1.165) is 5.56 Å². The van der Waals surface area contributed by atoms with Gasteiger partial charge in [0.15, 0.2) is 0 Å². The highest BCUT2D eigenvalue weighted by Crippen LogP contribution is 2.32. The van der Waals surface area contributed by atoms with E-state index in [1.807, 2.05) is 0 Å². The minimum atomic E-state index is -0.846. The van der Waals surface area contributed by atoms with E-state index in [2.05, 4.69) is 4.74 Å². The molecule has 1 rings (SSSR count). The lowest BCUT2D eigenvalue weighted by molar-refractivity contribution is -0.152. The molecular weight excluding hydrogens is 282 g/mol. The molecule has 0 fully saturated rings. The lowest BCUT2D eigenvalue weighted by Crippen LogP contribution is -2.37. The van der Waals surface area contributed by atoms with Crippen LogP contribution in [0.15, 0.2) is 24.3 Å². The number of carbonyl (C=O) groups excluding carboxylic acids is 2. The Bertz CT molecular complexity index is 471. The number of hydrogen-bond acceptors (Lipinski definition) is 5. The molecule has 2 N–H and O–H groups in total. The predicted molar refractivity (Wildman–Crippen MR) is 77.8 cm³/mol. The van der Waals surface area contributed by atoms with Gasteiger partial charge in [0.2, 0.25) is 0 Å². The number of hydrogen-bond donors (Lipinski definition) is 1. The molecule has 20 heavy (non-hydrogen) atoms. The average Bonchev–Trinajstić information content (AvgIpc) is 2.44. The van der Waals surface area contributed by atoms with Gasteiger partial charge in [0.25, 0.3) is 0 Å². The lowest BCUT2D eigenvalue weighted by atomic mass is 9.81. The largest absolute Gasteiger partial charge is 0.469 e. The summed E-state index contributed by atoms with van der Waals surface area (Å²) in [4.78, 5) is 23.0. The van der Waals surface area contributed by atoms with Crippen molar-refractivity contribution in [2.75, 3.05) is 14.2 Å². The van der Waals surface area contributed by atoms with Gasteiger partial charge in [0.1, 0.15) is 0 Å². The molecule has 0 heterocycles. The van der Waals surface area contributed by atoms with E-state index in [1.54, 1.807) is 38.1 Å². The summed E-state index contributed by atoms with van der Waals surface area (Å²) >= 11 is 0. The molecule has 0 bridgehead atoms. The Balaban J connectivity index is 0.00000361. The zero-order chi connectivity index (χ0) is 14.6. The smallest absolute Gasteiger partial charge is 0.337 e. The molecule has 112 valence electrons. The van der Waals surface area contributed by atoms with Gasteiger partial charge in [0.05, 0.1) is 25.2 Å². The standard InChI is InChI=1S/C14H19NO4.ClH/c1-14(2,13(17)19-4)11(15)9-5-7-10(8-6-9)12(16)18-3;/h5-8,11H,15H2,1-4H3;1H/t11-;/m0./s1. The first-order valence-corrected chi connectivity index (χ1v) is 5.87. The monoisotopic (exact) mass is 301 g/mol. The van der Waals surface area contributed by atoms with Crippen LogP contribution >= 0.6 is 12.4 Å². The van der Waals surface area contributed by atoms with Crippen molar-refractivity contribution < 1.29 is 19.1 Å². The van der Waals surface area contributed by atoms with Crippen molar-refractivity contribution in [3.8, 4) is 0 Å². The van der Waals surface area contributed by atoms with Gasteiger partial charge in [-0.2, -0.15) is 0 Å². The Morgan fingerprint density at radius 3 is 2.00 bits per heavy atom. The lowest BCUT2D eigenvalue weighted by Gasteiger charge is -2.28. The van der Waals surface area contributed by atoms with E-state index in [-0.39, 0.29) is 18.4 Å². The van der Waals surface area contributed by atoms with Gasteiger partial charge in [-0.05, 0) is 31.5 Å². The molecule has 0 radical (unpaired) electrons. The van der Waals surface area contributed by atoms with E-state index in [1.165, 1.54) is 14.2 Å². The van der Waals surface area contributed by atoms with Gasteiger partial charge in [-0.1, -0.05) is 12.1 Å². The van der Waals surface area contributed by atoms with Crippen LogP contribution < -0.4 is 5.73 Å². The molecule has 0 amide bonds. The molecule has 0 aromatic heterocycles. The number of benzene rings is 1. The first kappa shape index (κ1) is 18.4. The maximum absolute atomic E-state index is 11.7. The maximum Gasteiger partial charge on any atom is 0.337 e. The predicted octanol–water partition coefficient (Wildman–Crippen LogP) is 2.09. The maximum atomic E-state index is 11.7. The summed E-state index contributed by atoms with van der Waals surface area (Å²) < 4.78 is 9.36. The quantitative estimate of drug-likeness (QED) is 0.862. The summed E-state index contributed by atoms with van der Waals surface area (Å²) in [6, 6.07) is 6.14. The Labute approximate surface area is 124 Å². The second-order valence-corrected chi connectivity index (χ2v) is 4.80. The second kappa shape index (κ2) is 7.26. The summed E-state index contributed by atoms with van der Waals surface area (Å²) in [5, 5.41) is 0. The second-order valence-electron chi connectivity index (χ2n) is 4.80. The normalized spacial score (nSPS) is 12.1. The topological polar surface area (TPSA) is 78.6 Å². The number of nitrogens with two attached hydrogens (primary N) is 1. The van der Waals surface area contributed by atoms with E-state index in [4.69, 9.17) is 10.5 Å².